The highest BCUT2D eigenvalue weighted by Gasteiger charge is 2.37. The molecule has 3 aromatic carbocycles. The van der Waals surface area contributed by atoms with Crippen LogP contribution in [0, 0.1) is 5.82 Å². The Bertz CT molecular complexity index is 1400. The van der Waals surface area contributed by atoms with E-state index in [4.69, 9.17) is 11.6 Å². The second-order valence-electron chi connectivity index (χ2n) is 8.49. The van der Waals surface area contributed by atoms with Gasteiger partial charge in [-0.2, -0.15) is 0 Å². The zero-order valence-corrected chi connectivity index (χ0v) is 20.8. The molecule has 1 aliphatic rings. The minimum atomic E-state index is -3.96. The van der Waals surface area contributed by atoms with Crippen LogP contribution in [-0.2, 0) is 14.6 Å². The van der Waals surface area contributed by atoms with Crippen molar-refractivity contribution in [3.63, 3.8) is 0 Å². The maximum atomic E-state index is 15.8. The maximum Gasteiger partial charge on any atom is 0.254 e. The second-order valence-corrected chi connectivity index (χ2v) is 10.9. The average molecular weight is 515 g/mol. The lowest BCUT2D eigenvalue weighted by Gasteiger charge is -2.37. The van der Waals surface area contributed by atoms with Crippen molar-refractivity contribution in [3.8, 4) is 11.1 Å². The van der Waals surface area contributed by atoms with Gasteiger partial charge in [-0.05, 0) is 42.7 Å². The van der Waals surface area contributed by atoms with Crippen molar-refractivity contribution in [2.75, 3.05) is 24.7 Å². The first-order valence-electron chi connectivity index (χ1n) is 11.0. The Balaban J connectivity index is 1.71. The number of halogens is 2. The van der Waals surface area contributed by atoms with Crippen molar-refractivity contribution in [1.29, 1.82) is 0 Å². The van der Waals surface area contributed by atoms with E-state index in [1.165, 1.54) is 35.0 Å². The lowest BCUT2D eigenvalue weighted by atomic mass is 10.00. The molecule has 3 aromatic rings. The fourth-order valence-corrected chi connectivity index (χ4v) is 5.59. The Hall–Kier alpha value is -3.23. The fraction of sp³-hybridized carbons (Fsp3) is 0.231. The molecular weight excluding hydrogens is 491 g/mol. The number of hydrogen-bond acceptors (Lipinski definition) is 4. The van der Waals surface area contributed by atoms with Gasteiger partial charge in [-0.15, -0.1) is 0 Å². The molecule has 0 N–H and O–H groups in total. The molecule has 9 heteroatoms. The number of rotatable bonds is 5. The largest absolute Gasteiger partial charge is 0.330 e. The first kappa shape index (κ1) is 24.9. The lowest BCUT2D eigenvalue weighted by molar-refractivity contribution is -0.124. The van der Waals surface area contributed by atoms with E-state index in [-0.39, 0.29) is 23.7 Å². The van der Waals surface area contributed by atoms with Crippen LogP contribution in [0.5, 0.6) is 0 Å². The Morgan fingerprint density at radius 3 is 2.46 bits per heavy atom. The molecule has 1 atom stereocenters. The number of benzene rings is 3. The van der Waals surface area contributed by atoms with Crippen LogP contribution in [0.4, 0.5) is 10.1 Å². The molecule has 2 amide bonds. The molecule has 0 radical (unpaired) electrons. The average Bonchev–Trinajstić information content (AvgIpc) is 2.83. The SMILES string of the molecule is CN(C(=O)c1cccc(Cl)c1)C1CCCN(c2ccc(-c3ccccc3)c(S(C)(=O)=O)c2F)C1=O. The smallest absolute Gasteiger partial charge is 0.254 e. The summed E-state index contributed by atoms with van der Waals surface area (Å²) >= 11 is 6.00. The standard InChI is InChI=1S/C26H24ClFN2O4S/c1-29(25(31)18-10-6-11-19(27)16-18)22-12-7-15-30(26(22)32)21-14-13-20(17-8-4-3-5-9-17)24(23(21)28)35(2,33)34/h3-6,8-11,13-14,16,22H,7,12,15H2,1-2H3. The third kappa shape index (κ3) is 4.94. The van der Waals surface area contributed by atoms with Gasteiger partial charge in [0.2, 0.25) is 5.91 Å². The second kappa shape index (κ2) is 9.79. The molecule has 0 aromatic heterocycles. The minimum absolute atomic E-state index is 0.122. The molecule has 182 valence electrons. The van der Waals surface area contributed by atoms with Crippen molar-refractivity contribution in [2.24, 2.45) is 0 Å². The molecule has 1 saturated heterocycles. The molecule has 0 aliphatic carbocycles. The minimum Gasteiger partial charge on any atom is -0.330 e. The monoisotopic (exact) mass is 514 g/mol. The zero-order valence-electron chi connectivity index (χ0n) is 19.2. The lowest BCUT2D eigenvalue weighted by Crippen LogP contribution is -2.53. The first-order chi connectivity index (χ1) is 16.6. The van der Waals surface area contributed by atoms with Crippen LogP contribution in [0.1, 0.15) is 23.2 Å². The number of carbonyl (C=O) groups excluding carboxylic acids is 2. The number of anilines is 1. The van der Waals surface area contributed by atoms with Gasteiger partial charge in [0.15, 0.2) is 15.7 Å². The summed E-state index contributed by atoms with van der Waals surface area (Å²) in [5.74, 6) is -1.84. The third-order valence-corrected chi connectivity index (χ3v) is 7.47. The van der Waals surface area contributed by atoms with Crippen LogP contribution in [0.2, 0.25) is 5.02 Å². The van der Waals surface area contributed by atoms with Crippen LogP contribution < -0.4 is 4.90 Å². The molecule has 0 spiro atoms. The van der Waals surface area contributed by atoms with E-state index in [1.54, 1.807) is 48.5 Å². The van der Waals surface area contributed by atoms with E-state index in [9.17, 15) is 18.0 Å². The molecule has 4 rings (SSSR count). The molecule has 1 heterocycles. The summed E-state index contributed by atoms with van der Waals surface area (Å²) in [6.07, 6.45) is 1.86. The predicted molar refractivity (Wildman–Crippen MR) is 134 cm³/mol. The molecule has 35 heavy (non-hydrogen) atoms. The highest BCUT2D eigenvalue weighted by Crippen LogP contribution is 2.36. The summed E-state index contributed by atoms with van der Waals surface area (Å²) < 4.78 is 41.0. The van der Waals surface area contributed by atoms with Gasteiger partial charge in [0.05, 0.1) is 5.69 Å². The number of carbonyl (C=O) groups is 2. The van der Waals surface area contributed by atoms with Crippen LogP contribution in [-0.4, -0.2) is 51.0 Å². The number of likely N-dealkylation sites (N-methyl/N-ethyl adjacent to an activating group) is 1. The van der Waals surface area contributed by atoms with Gasteiger partial charge < -0.3 is 9.80 Å². The van der Waals surface area contributed by atoms with Crippen LogP contribution in [0.15, 0.2) is 71.6 Å². The van der Waals surface area contributed by atoms with Crippen molar-refractivity contribution in [1.82, 2.24) is 4.90 Å². The molecule has 6 nitrogen and oxygen atoms in total. The van der Waals surface area contributed by atoms with Crippen molar-refractivity contribution in [3.05, 3.63) is 83.1 Å². The summed E-state index contributed by atoms with van der Waals surface area (Å²) in [6, 6.07) is 17.2. The van der Waals surface area contributed by atoms with Gasteiger partial charge in [-0.3, -0.25) is 9.59 Å². The third-order valence-electron chi connectivity index (χ3n) is 6.09. The highest BCUT2D eigenvalue weighted by atomic mass is 35.5. The number of sulfone groups is 1. The molecule has 0 bridgehead atoms. The van der Waals surface area contributed by atoms with E-state index < -0.39 is 32.5 Å². The topological polar surface area (TPSA) is 74.8 Å². The van der Waals surface area contributed by atoms with Gasteiger partial charge in [0, 0.05) is 36.0 Å². The Morgan fingerprint density at radius 1 is 1.09 bits per heavy atom. The van der Waals surface area contributed by atoms with E-state index in [0.717, 1.165) is 6.26 Å². The van der Waals surface area contributed by atoms with Crippen molar-refractivity contribution in [2.45, 2.75) is 23.8 Å². The van der Waals surface area contributed by atoms with E-state index >= 15 is 4.39 Å². The van der Waals surface area contributed by atoms with Gasteiger partial charge in [-0.25, -0.2) is 12.8 Å². The van der Waals surface area contributed by atoms with Crippen molar-refractivity contribution < 1.29 is 22.4 Å². The molecule has 1 fully saturated rings. The number of amides is 2. The summed E-state index contributed by atoms with van der Waals surface area (Å²) in [7, 11) is -2.44. The van der Waals surface area contributed by atoms with Crippen LogP contribution >= 0.6 is 11.6 Å². The highest BCUT2D eigenvalue weighted by molar-refractivity contribution is 7.90. The summed E-state index contributed by atoms with van der Waals surface area (Å²) in [6.45, 7) is 0.208. The van der Waals surface area contributed by atoms with E-state index in [0.29, 0.717) is 29.0 Å². The number of piperidine rings is 1. The summed E-state index contributed by atoms with van der Waals surface area (Å²) in [4.78, 5) is 28.5. The Labute approximate surface area is 208 Å². The van der Waals surface area contributed by atoms with Crippen LogP contribution in [0.3, 0.4) is 0 Å². The molecular formula is C26H24ClFN2O4S. The molecule has 0 saturated carbocycles. The fourth-order valence-electron chi connectivity index (χ4n) is 4.38. The zero-order chi connectivity index (χ0) is 25.3. The Kier molecular flexibility index (Phi) is 6.96. The van der Waals surface area contributed by atoms with Crippen molar-refractivity contribution >= 4 is 38.9 Å². The number of nitrogens with zero attached hydrogens (tertiary/aromatic N) is 2. The predicted octanol–water partition coefficient (Wildman–Crippen LogP) is 4.82. The normalized spacial score (nSPS) is 16.3. The van der Waals surface area contributed by atoms with Gasteiger partial charge in [0.1, 0.15) is 10.9 Å². The van der Waals surface area contributed by atoms with E-state index in [2.05, 4.69) is 0 Å². The van der Waals surface area contributed by atoms with Gasteiger partial charge in [-0.1, -0.05) is 54.1 Å². The number of hydrogen-bond donors (Lipinski definition) is 0. The molecule has 1 aliphatic heterocycles. The van der Waals surface area contributed by atoms with Gasteiger partial charge >= 0.3 is 0 Å². The summed E-state index contributed by atoms with van der Waals surface area (Å²) in [5.41, 5.74) is 0.989. The summed E-state index contributed by atoms with van der Waals surface area (Å²) in [5, 5.41) is 0.398. The first-order valence-corrected chi connectivity index (χ1v) is 13.3. The van der Waals surface area contributed by atoms with Crippen LogP contribution in [0.25, 0.3) is 11.1 Å². The maximum absolute atomic E-state index is 15.8. The van der Waals surface area contributed by atoms with Gasteiger partial charge in [0.25, 0.3) is 5.91 Å². The Morgan fingerprint density at radius 2 is 1.80 bits per heavy atom. The quantitative estimate of drug-likeness (QED) is 0.489. The van der Waals surface area contributed by atoms with E-state index in [1.807, 2.05) is 0 Å². The molecule has 1 unspecified atom stereocenters.